The van der Waals surface area contributed by atoms with Crippen LogP contribution in [0, 0.1) is 13.8 Å². The first-order chi connectivity index (χ1) is 14.0. The summed E-state index contributed by atoms with van der Waals surface area (Å²) in [5, 5.41) is 12.1. The molecule has 150 valence electrons. The van der Waals surface area contributed by atoms with Crippen molar-refractivity contribution in [1.82, 2.24) is 20.1 Å². The van der Waals surface area contributed by atoms with E-state index in [2.05, 4.69) is 15.5 Å². The molecule has 1 unspecified atom stereocenters. The van der Waals surface area contributed by atoms with Gasteiger partial charge in [0.15, 0.2) is 16.7 Å². The predicted octanol–water partition coefficient (Wildman–Crippen LogP) is 3.58. The van der Waals surface area contributed by atoms with Crippen LogP contribution in [0.5, 0.6) is 11.5 Å². The normalized spacial score (nSPS) is 13.3. The molecule has 7 nitrogen and oxygen atoms in total. The van der Waals surface area contributed by atoms with Crippen molar-refractivity contribution < 1.29 is 14.3 Å². The molecule has 1 amide bonds. The zero-order valence-corrected chi connectivity index (χ0v) is 17.3. The zero-order chi connectivity index (χ0) is 20.4. The number of amides is 1. The second kappa shape index (κ2) is 8.16. The standard InChI is InChI=1S/C21H22N4O3S/c1-13-4-7-17(8-5-13)25-15(3)23-24-21(25)29-11-20(26)22-14(2)16-6-9-18-19(10-16)28-12-27-18/h4-10,14H,11-12H2,1-3H3,(H,22,26). The summed E-state index contributed by atoms with van der Waals surface area (Å²) in [5.74, 6) is 2.40. The molecule has 4 rings (SSSR count). The second-order valence-corrected chi connectivity index (χ2v) is 7.83. The van der Waals surface area contributed by atoms with Crippen molar-refractivity contribution in [2.45, 2.75) is 32.0 Å². The summed E-state index contributed by atoms with van der Waals surface area (Å²) in [5.41, 5.74) is 3.13. The number of ether oxygens (including phenoxy) is 2. The minimum Gasteiger partial charge on any atom is -0.454 e. The third kappa shape index (κ3) is 4.22. The number of hydrogen-bond acceptors (Lipinski definition) is 6. The van der Waals surface area contributed by atoms with Crippen molar-refractivity contribution in [1.29, 1.82) is 0 Å². The van der Waals surface area contributed by atoms with Crippen LogP contribution in [0.1, 0.15) is 29.9 Å². The highest BCUT2D eigenvalue weighted by Gasteiger charge is 2.18. The lowest BCUT2D eigenvalue weighted by Crippen LogP contribution is -2.28. The Morgan fingerprint density at radius 3 is 2.69 bits per heavy atom. The molecule has 0 saturated carbocycles. The Kier molecular flexibility index (Phi) is 5.44. The first kappa shape index (κ1) is 19.3. The van der Waals surface area contributed by atoms with Gasteiger partial charge in [0.05, 0.1) is 11.8 Å². The van der Waals surface area contributed by atoms with Crippen LogP contribution in [-0.2, 0) is 4.79 Å². The predicted molar refractivity (Wildman–Crippen MR) is 111 cm³/mol. The highest BCUT2D eigenvalue weighted by molar-refractivity contribution is 7.99. The van der Waals surface area contributed by atoms with E-state index in [-0.39, 0.29) is 24.5 Å². The Labute approximate surface area is 173 Å². The average Bonchev–Trinajstić information content (AvgIpc) is 3.33. The van der Waals surface area contributed by atoms with Gasteiger partial charge in [0.25, 0.3) is 0 Å². The largest absolute Gasteiger partial charge is 0.454 e. The molecule has 3 aromatic rings. The molecule has 29 heavy (non-hydrogen) atoms. The number of nitrogens with zero attached hydrogens (tertiary/aromatic N) is 3. The Morgan fingerprint density at radius 2 is 1.90 bits per heavy atom. The molecule has 1 atom stereocenters. The lowest BCUT2D eigenvalue weighted by atomic mass is 10.1. The number of aromatic nitrogens is 3. The Bertz CT molecular complexity index is 1030. The molecule has 0 spiro atoms. The molecule has 0 aliphatic carbocycles. The fraction of sp³-hybridized carbons (Fsp3) is 0.286. The van der Waals surface area contributed by atoms with Gasteiger partial charge in [-0.25, -0.2) is 0 Å². The molecular formula is C21H22N4O3S. The highest BCUT2D eigenvalue weighted by Crippen LogP contribution is 2.34. The number of fused-ring (bicyclic) bond motifs is 1. The SMILES string of the molecule is Cc1ccc(-n2c(C)nnc2SCC(=O)NC(C)c2ccc3c(c2)OCO3)cc1. The molecule has 8 heteroatoms. The van der Waals surface area contributed by atoms with Gasteiger partial charge in [-0.15, -0.1) is 10.2 Å². The second-order valence-electron chi connectivity index (χ2n) is 6.89. The van der Waals surface area contributed by atoms with Crippen LogP contribution < -0.4 is 14.8 Å². The van der Waals surface area contributed by atoms with Crippen molar-refractivity contribution in [3.8, 4) is 17.2 Å². The zero-order valence-electron chi connectivity index (χ0n) is 16.5. The highest BCUT2D eigenvalue weighted by atomic mass is 32.2. The van der Waals surface area contributed by atoms with E-state index in [1.807, 2.05) is 67.8 Å². The molecule has 1 aliphatic heterocycles. The van der Waals surface area contributed by atoms with Crippen LogP contribution in [0.3, 0.4) is 0 Å². The summed E-state index contributed by atoms with van der Waals surface area (Å²) >= 11 is 1.36. The molecule has 1 N–H and O–H groups in total. The summed E-state index contributed by atoms with van der Waals surface area (Å²) in [4.78, 5) is 12.5. The van der Waals surface area contributed by atoms with E-state index in [0.29, 0.717) is 10.9 Å². The fourth-order valence-electron chi connectivity index (χ4n) is 3.11. The van der Waals surface area contributed by atoms with Crippen molar-refractivity contribution >= 4 is 17.7 Å². The Balaban J connectivity index is 1.39. The van der Waals surface area contributed by atoms with Gasteiger partial charge in [0, 0.05) is 5.69 Å². The minimum atomic E-state index is -0.144. The third-order valence-corrected chi connectivity index (χ3v) is 5.62. The summed E-state index contributed by atoms with van der Waals surface area (Å²) in [6, 6.07) is 13.7. The first-order valence-electron chi connectivity index (χ1n) is 9.32. The number of hydrogen-bond donors (Lipinski definition) is 1. The number of thioether (sulfide) groups is 1. The van der Waals surface area contributed by atoms with Gasteiger partial charge in [0.2, 0.25) is 12.7 Å². The quantitative estimate of drug-likeness (QED) is 0.626. The van der Waals surface area contributed by atoms with Crippen molar-refractivity contribution in [2.75, 3.05) is 12.5 Å². The molecule has 1 aliphatic rings. The van der Waals surface area contributed by atoms with Crippen molar-refractivity contribution in [2.24, 2.45) is 0 Å². The Morgan fingerprint density at radius 1 is 1.14 bits per heavy atom. The monoisotopic (exact) mass is 410 g/mol. The van der Waals surface area contributed by atoms with Crippen LogP contribution in [0.2, 0.25) is 0 Å². The summed E-state index contributed by atoms with van der Waals surface area (Å²) in [6.07, 6.45) is 0. The maximum Gasteiger partial charge on any atom is 0.231 e. The van der Waals surface area contributed by atoms with E-state index < -0.39 is 0 Å². The molecule has 0 fully saturated rings. The van der Waals surface area contributed by atoms with Gasteiger partial charge < -0.3 is 14.8 Å². The molecule has 0 radical (unpaired) electrons. The van der Waals surface area contributed by atoms with Crippen LogP contribution in [0.4, 0.5) is 0 Å². The van der Waals surface area contributed by atoms with Gasteiger partial charge in [-0.05, 0) is 50.6 Å². The number of nitrogens with one attached hydrogen (secondary N) is 1. The summed E-state index contributed by atoms with van der Waals surface area (Å²) in [6.45, 7) is 6.12. The van der Waals surface area contributed by atoms with Gasteiger partial charge >= 0.3 is 0 Å². The van der Waals surface area contributed by atoms with E-state index in [0.717, 1.165) is 22.8 Å². The van der Waals surface area contributed by atoms with Crippen LogP contribution in [-0.4, -0.2) is 33.2 Å². The van der Waals surface area contributed by atoms with Gasteiger partial charge in [0.1, 0.15) is 5.82 Å². The first-order valence-corrected chi connectivity index (χ1v) is 10.3. The average molecular weight is 410 g/mol. The van der Waals surface area contributed by atoms with E-state index in [1.165, 1.54) is 17.3 Å². The van der Waals surface area contributed by atoms with Gasteiger partial charge in [-0.3, -0.25) is 9.36 Å². The van der Waals surface area contributed by atoms with Crippen LogP contribution in [0.25, 0.3) is 5.69 Å². The number of rotatable bonds is 6. The van der Waals surface area contributed by atoms with Crippen molar-refractivity contribution in [3.63, 3.8) is 0 Å². The number of benzene rings is 2. The minimum absolute atomic E-state index is 0.0729. The lowest BCUT2D eigenvalue weighted by Gasteiger charge is -2.15. The fourth-order valence-corrected chi connectivity index (χ4v) is 3.92. The topological polar surface area (TPSA) is 78.3 Å². The molecule has 1 aromatic heterocycles. The summed E-state index contributed by atoms with van der Waals surface area (Å²) < 4.78 is 12.7. The maximum atomic E-state index is 12.5. The molecular weight excluding hydrogens is 388 g/mol. The third-order valence-electron chi connectivity index (χ3n) is 4.69. The molecule has 0 bridgehead atoms. The van der Waals surface area contributed by atoms with Crippen LogP contribution >= 0.6 is 11.8 Å². The Hall–Kier alpha value is -3.00. The smallest absolute Gasteiger partial charge is 0.231 e. The van der Waals surface area contributed by atoms with Crippen molar-refractivity contribution in [3.05, 3.63) is 59.4 Å². The number of carbonyl (C=O) groups is 1. The van der Waals surface area contributed by atoms with E-state index in [1.54, 1.807) is 0 Å². The molecule has 2 aromatic carbocycles. The number of aryl methyl sites for hydroxylation is 2. The summed E-state index contributed by atoms with van der Waals surface area (Å²) in [7, 11) is 0. The molecule has 2 heterocycles. The maximum absolute atomic E-state index is 12.5. The van der Waals surface area contributed by atoms with Gasteiger partial charge in [-0.1, -0.05) is 35.5 Å². The van der Waals surface area contributed by atoms with Crippen LogP contribution in [0.15, 0.2) is 47.6 Å². The van der Waals surface area contributed by atoms with E-state index in [9.17, 15) is 4.79 Å². The molecule has 0 saturated heterocycles. The van der Waals surface area contributed by atoms with E-state index in [4.69, 9.17) is 9.47 Å². The lowest BCUT2D eigenvalue weighted by molar-refractivity contribution is -0.119. The number of carbonyl (C=O) groups excluding carboxylic acids is 1. The van der Waals surface area contributed by atoms with Gasteiger partial charge in [-0.2, -0.15) is 0 Å². The van der Waals surface area contributed by atoms with E-state index >= 15 is 0 Å².